The van der Waals surface area contributed by atoms with Crippen LogP contribution in [0.3, 0.4) is 0 Å². The van der Waals surface area contributed by atoms with E-state index in [9.17, 15) is 9.59 Å². The Morgan fingerprint density at radius 3 is 3.00 bits per heavy atom. The second-order valence-corrected chi connectivity index (χ2v) is 2.28. The van der Waals surface area contributed by atoms with Crippen LogP contribution >= 0.6 is 0 Å². The summed E-state index contributed by atoms with van der Waals surface area (Å²) >= 11 is 0. The highest BCUT2D eigenvalue weighted by molar-refractivity contribution is 5.83. The Kier molecular flexibility index (Phi) is 3.03. The lowest BCUT2D eigenvalue weighted by Gasteiger charge is -1.97. The van der Waals surface area contributed by atoms with Crippen LogP contribution in [0.1, 0.15) is 6.92 Å². The minimum Gasteiger partial charge on any atom is -0.417 e. The highest BCUT2D eigenvalue weighted by Gasteiger charge is 2.02. The molecule has 1 heterocycles. The lowest BCUT2D eigenvalue weighted by Crippen LogP contribution is -2.13. The number of hydrogen-bond donors (Lipinski definition) is 1. The van der Waals surface area contributed by atoms with Gasteiger partial charge in [-0.3, -0.25) is 4.79 Å². The summed E-state index contributed by atoms with van der Waals surface area (Å²) in [7, 11) is 0. The molecule has 0 bridgehead atoms. The Bertz CT molecular complexity index is 378. The number of aromatic amines is 1. The molecule has 0 amide bonds. The van der Waals surface area contributed by atoms with Crippen molar-refractivity contribution in [1.82, 2.24) is 4.98 Å². The Balaban J connectivity index is 2.81. The molecule has 0 radical (unpaired) electrons. The maximum Gasteiger partial charge on any atom is 0.336 e. The van der Waals surface area contributed by atoms with E-state index in [0.717, 1.165) is 0 Å². The van der Waals surface area contributed by atoms with Crippen molar-refractivity contribution in [1.29, 1.82) is 0 Å². The first-order valence-electron chi connectivity index (χ1n) is 3.76. The van der Waals surface area contributed by atoms with Gasteiger partial charge < -0.3 is 9.72 Å². The molecule has 68 valence electrons. The molecular formula is C9H9NO3. The maximum atomic E-state index is 11.0. The average molecular weight is 179 g/mol. The van der Waals surface area contributed by atoms with Crippen LogP contribution in [0.15, 0.2) is 35.3 Å². The molecule has 0 fully saturated rings. The van der Waals surface area contributed by atoms with Gasteiger partial charge >= 0.3 is 5.97 Å². The Hall–Kier alpha value is -1.84. The van der Waals surface area contributed by atoms with E-state index in [1.165, 1.54) is 18.3 Å². The van der Waals surface area contributed by atoms with E-state index >= 15 is 0 Å². The van der Waals surface area contributed by atoms with Crippen molar-refractivity contribution in [3.8, 4) is 5.75 Å². The van der Waals surface area contributed by atoms with E-state index in [4.69, 9.17) is 4.74 Å². The van der Waals surface area contributed by atoms with Crippen LogP contribution in [-0.4, -0.2) is 11.0 Å². The summed E-state index contributed by atoms with van der Waals surface area (Å²) in [4.78, 5) is 24.3. The second-order valence-electron chi connectivity index (χ2n) is 2.28. The van der Waals surface area contributed by atoms with Gasteiger partial charge in [0.15, 0.2) is 5.75 Å². The van der Waals surface area contributed by atoms with Gasteiger partial charge in [0.25, 0.3) is 5.56 Å². The number of carbonyl (C=O) groups excluding carboxylic acids is 1. The molecule has 1 aromatic rings. The Morgan fingerprint density at radius 2 is 2.38 bits per heavy atom. The highest BCUT2D eigenvalue weighted by atomic mass is 16.5. The van der Waals surface area contributed by atoms with Gasteiger partial charge in [-0.1, -0.05) is 6.08 Å². The summed E-state index contributed by atoms with van der Waals surface area (Å²) in [5.74, 6) is -0.551. The van der Waals surface area contributed by atoms with Gasteiger partial charge in [-0.2, -0.15) is 0 Å². The van der Waals surface area contributed by atoms with E-state index in [2.05, 4.69) is 4.98 Å². The number of pyridine rings is 1. The smallest absolute Gasteiger partial charge is 0.336 e. The number of ether oxygens (including phenoxy) is 1. The van der Waals surface area contributed by atoms with Crippen molar-refractivity contribution in [2.75, 3.05) is 0 Å². The molecule has 0 saturated heterocycles. The third-order valence-electron chi connectivity index (χ3n) is 1.30. The van der Waals surface area contributed by atoms with Gasteiger partial charge in [-0.15, -0.1) is 0 Å². The quantitative estimate of drug-likeness (QED) is 0.541. The number of H-pyrrole nitrogens is 1. The number of aromatic nitrogens is 1. The fourth-order valence-electron chi connectivity index (χ4n) is 0.765. The van der Waals surface area contributed by atoms with E-state index in [1.54, 1.807) is 19.1 Å². The fraction of sp³-hybridized carbons (Fsp3) is 0.111. The molecule has 4 nitrogen and oxygen atoms in total. The van der Waals surface area contributed by atoms with Crippen LogP contribution < -0.4 is 10.3 Å². The lowest BCUT2D eigenvalue weighted by atomic mass is 10.4. The van der Waals surface area contributed by atoms with Gasteiger partial charge in [-0.25, -0.2) is 4.79 Å². The number of rotatable bonds is 2. The molecule has 0 aromatic carbocycles. The minimum atomic E-state index is -0.556. The van der Waals surface area contributed by atoms with Gasteiger partial charge in [0.2, 0.25) is 0 Å². The monoisotopic (exact) mass is 179 g/mol. The van der Waals surface area contributed by atoms with Crippen LogP contribution in [0.4, 0.5) is 0 Å². The molecule has 0 unspecified atom stereocenters. The summed E-state index contributed by atoms with van der Waals surface area (Å²) in [6, 6.07) is 3.01. The number of nitrogens with one attached hydrogen (secondary N) is 1. The van der Waals surface area contributed by atoms with Crippen LogP contribution in [0, 0.1) is 0 Å². The van der Waals surface area contributed by atoms with E-state index in [0.29, 0.717) is 0 Å². The highest BCUT2D eigenvalue weighted by Crippen LogP contribution is 1.99. The zero-order valence-corrected chi connectivity index (χ0v) is 7.11. The summed E-state index contributed by atoms with van der Waals surface area (Å²) in [6.45, 7) is 1.69. The minimum absolute atomic E-state index is 0.00519. The predicted octanol–water partition coefficient (Wildman–Crippen LogP) is 0.856. The molecular weight excluding hydrogens is 170 g/mol. The summed E-state index contributed by atoms with van der Waals surface area (Å²) < 4.78 is 4.72. The van der Waals surface area contributed by atoms with Gasteiger partial charge in [0.05, 0.1) is 0 Å². The molecule has 1 N–H and O–H groups in total. The number of hydrogen-bond acceptors (Lipinski definition) is 3. The van der Waals surface area contributed by atoms with Gasteiger partial charge in [-0.05, 0) is 19.1 Å². The molecule has 0 atom stereocenters. The van der Waals surface area contributed by atoms with Crippen molar-refractivity contribution < 1.29 is 9.53 Å². The van der Waals surface area contributed by atoms with Crippen LogP contribution in [0.25, 0.3) is 0 Å². The lowest BCUT2D eigenvalue weighted by molar-refractivity contribution is -0.129. The normalized spacial score (nSPS) is 10.2. The van der Waals surface area contributed by atoms with Crippen molar-refractivity contribution in [3.63, 3.8) is 0 Å². The van der Waals surface area contributed by atoms with E-state index < -0.39 is 11.5 Å². The average Bonchev–Trinajstić information content (AvgIpc) is 2.09. The molecule has 4 heteroatoms. The van der Waals surface area contributed by atoms with Crippen molar-refractivity contribution in [2.45, 2.75) is 6.92 Å². The van der Waals surface area contributed by atoms with Gasteiger partial charge in [0.1, 0.15) is 0 Å². The van der Waals surface area contributed by atoms with Gasteiger partial charge in [0, 0.05) is 12.3 Å². The molecule has 0 aliphatic rings. The van der Waals surface area contributed by atoms with Crippen LogP contribution in [0.2, 0.25) is 0 Å². The van der Waals surface area contributed by atoms with Crippen molar-refractivity contribution in [3.05, 3.63) is 40.8 Å². The summed E-state index contributed by atoms with van der Waals surface area (Å²) in [5.41, 5.74) is -0.416. The first-order chi connectivity index (χ1) is 6.24. The zero-order valence-electron chi connectivity index (χ0n) is 7.11. The van der Waals surface area contributed by atoms with Crippen molar-refractivity contribution in [2.24, 2.45) is 0 Å². The number of allylic oxidation sites excluding steroid dienone is 1. The first kappa shape index (κ1) is 9.25. The standard InChI is InChI=1S/C9H9NO3/c1-2-4-8(11)13-7-5-3-6-10-9(7)12/h2-6H,1H3,(H,10,12)/b4-2+. The second kappa shape index (κ2) is 4.25. The molecule has 0 aliphatic heterocycles. The SMILES string of the molecule is C/C=C/C(=O)Oc1ccc[nH]c1=O. The summed E-state index contributed by atoms with van der Waals surface area (Å²) in [5, 5.41) is 0. The predicted molar refractivity (Wildman–Crippen MR) is 47.5 cm³/mol. The fourth-order valence-corrected chi connectivity index (χ4v) is 0.765. The number of esters is 1. The maximum absolute atomic E-state index is 11.0. The third-order valence-corrected chi connectivity index (χ3v) is 1.30. The van der Waals surface area contributed by atoms with Crippen LogP contribution in [0.5, 0.6) is 5.75 Å². The van der Waals surface area contributed by atoms with E-state index in [-0.39, 0.29) is 5.75 Å². The Morgan fingerprint density at radius 1 is 1.62 bits per heavy atom. The summed E-state index contributed by atoms with van der Waals surface area (Å²) in [6.07, 6.45) is 4.25. The Labute approximate surface area is 74.9 Å². The van der Waals surface area contributed by atoms with Crippen molar-refractivity contribution >= 4 is 5.97 Å². The molecule has 0 aliphatic carbocycles. The number of carbonyl (C=O) groups is 1. The molecule has 13 heavy (non-hydrogen) atoms. The third kappa shape index (κ3) is 2.59. The topological polar surface area (TPSA) is 59.2 Å². The molecule has 1 aromatic heterocycles. The molecule has 0 saturated carbocycles. The van der Waals surface area contributed by atoms with E-state index in [1.807, 2.05) is 0 Å². The zero-order chi connectivity index (χ0) is 9.68. The first-order valence-corrected chi connectivity index (χ1v) is 3.76. The van der Waals surface area contributed by atoms with Crippen LogP contribution in [-0.2, 0) is 4.79 Å². The largest absolute Gasteiger partial charge is 0.417 e. The molecule has 0 spiro atoms. The molecule has 1 rings (SSSR count).